The van der Waals surface area contributed by atoms with Crippen LogP contribution in [0.2, 0.25) is 0 Å². The number of aryl methyl sites for hydroxylation is 1. The van der Waals surface area contributed by atoms with Gasteiger partial charge in [0.25, 0.3) is 10.0 Å². The number of piperidine rings is 1. The van der Waals surface area contributed by atoms with Crippen molar-refractivity contribution in [3.8, 4) is 0 Å². The van der Waals surface area contributed by atoms with Gasteiger partial charge in [-0.15, -0.1) is 0 Å². The van der Waals surface area contributed by atoms with E-state index in [1.165, 1.54) is 12.1 Å². The molecule has 1 saturated heterocycles. The Morgan fingerprint density at radius 2 is 1.89 bits per heavy atom. The molecule has 7 heteroatoms. The molecule has 1 heterocycles. The molecule has 0 aromatic heterocycles. The number of sulfonamides is 1. The zero-order chi connectivity index (χ0) is 19.6. The Bertz CT molecular complexity index is 939. The fourth-order valence-corrected chi connectivity index (χ4v) is 4.42. The second-order valence-corrected chi connectivity index (χ2v) is 8.83. The molecule has 1 aliphatic heterocycles. The van der Waals surface area contributed by atoms with Crippen LogP contribution in [0.3, 0.4) is 0 Å². The fourth-order valence-electron chi connectivity index (χ4n) is 3.36. The van der Waals surface area contributed by atoms with E-state index in [0.717, 1.165) is 31.5 Å². The summed E-state index contributed by atoms with van der Waals surface area (Å²) >= 11 is 0. The molecule has 0 unspecified atom stereocenters. The third kappa shape index (κ3) is 4.42. The third-order valence-electron chi connectivity index (χ3n) is 4.82. The molecule has 2 N–H and O–H groups in total. The van der Waals surface area contributed by atoms with Crippen molar-refractivity contribution in [3.63, 3.8) is 0 Å². The van der Waals surface area contributed by atoms with Crippen molar-refractivity contribution in [3.05, 3.63) is 53.6 Å². The highest BCUT2D eigenvalue weighted by Crippen LogP contribution is 2.32. The molecule has 144 valence electrons. The number of carboxylic acid groups (broad SMARTS) is 1. The Morgan fingerprint density at radius 3 is 2.52 bits per heavy atom. The number of nitrogens with zero attached hydrogens (tertiary/aromatic N) is 1. The Balaban J connectivity index is 1.99. The van der Waals surface area contributed by atoms with Crippen LogP contribution in [0.1, 0.15) is 35.7 Å². The lowest BCUT2D eigenvalue weighted by Crippen LogP contribution is -2.35. The zero-order valence-electron chi connectivity index (χ0n) is 15.5. The van der Waals surface area contributed by atoms with E-state index in [9.17, 15) is 18.3 Å². The van der Waals surface area contributed by atoms with Crippen molar-refractivity contribution < 1.29 is 18.3 Å². The van der Waals surface area contributed by atoms with E-state index in [0.29, 0.717) is 17.3 Å². The molecule has 3 rings (SSSR count). The summed E-state index contributed by atoms with van der Waals surface area (Å²) in [6, 6.07) is 11.1. The number of hydrogen-bond donors (Lipinski definition) is 2. The molecule has 0 amide bonds. The number of rotatable bonds is 5. The molecule has 27 heavy (non-hydrogen) atoms. The van der Waals surface area contributed by atoms with Crippen molar-refractivity contribution in [2.24, 2.45) is 5.92 Å². The van der Waals surface area contributed by atoms with Crippen LogP contribution in [0.4, 0.5) is 11.4 Å². The maximum absolute atomic E-state index is 12.8. The van der Waals surface area contributed by atoms with Crippen LogP contribution >= 0.6 is 0 Å². The molecule has 1 fully saturated rings. The first-order chi connectivity index (χ1) is 12.8. The molecule has 0 radical (unpaired) electrons. The van der Waals surface area contributed by atoms with Gasteiger partial charge in [0.1, 0.15) is 0 Å². The lowest BCUT2D eigenvalue weighted by Gasteiger charge is -2.34. The number of carbonyl (C=O) groups is 1. The number of hydrogen-bond acceptors (Lipinski definition) is 4. The molecule has 0 aliphatic carbocycles. The van der Waals surface area contributed by atoms with E-state index < -0.39 is 16.0 Å². The second-order valence-electron chi connectivity index (χ2n) is 7.15. The second kappa shape index (κ2) is 7.60. The van der Waals surface area contributed by atoms with Gasteiger partial charge in [-0.3, -0.25) is 4.72 Å². The van der Waals surface area contributed by atoms with Gasteiger partial charge in [-0.1, -0.05) is 24.6 Å². The van der Waals surface area contributed by atoms with Crippen molar-refractivity contribution in [2.75, 3.05) is 22.7 Å². The van der Waals surface area contributed by atoms with Gasteiger partial charge in [-0.05, 0) is 56.0 Å². The number of aromatic carboxylic acids is 1. The molecular weight excluding hydrogens is 364 g/mol. The largest absolute Gasteiger partial charge is 0.478 e. The molecule has 0 bridgehead atoms. The maximum atomic E-state index is 12.8. The van der Waals surface area contributed by atoms with E-state index in [1.807, 2.05) is 6.92 Å². The highest BCUT2D eigenvalue weighted by Gasteiger charge is 2.23. The SMILES string of the molecule is Cc1ccc(S(=O)(=O)Nc2cc(C(=O)O)ccc2N2CCC[C@@H](C)C2)cc1. The van der Waals surface area contributed by atoms with Gasteiger partial charge < -0.3 is 10.0 Å². The van der Waals surface area contributed by atoms with E-state index >= 15 is 0 Å². The summed E-state index contributed by atoms with van der Waals surface area (Å²) < 4.78 is 28.2. The summed E-state index contributed by atoms with van der Waals surface area (Å²) in [6.07, 6.45) is 2.15. The predicted octanol–water partition coefficient (Wildman–Crippen LogP) is 3.73. The zero-order valence-corrected chi connectivity index (χ0v) is 16.3. The number of carboxylic acids is 1. The lowest BCUT2D eigenvalue weighted by molar-refractivity contribution is 0.0697. The van der Waals surface area contributed by atoms with Gasteiger partial charge in [-0.2, -0.15) is 0 Å². The summed E-state index contributed by atoms with van der Waals surface area (Å²) in [7, 11) is -3.82. The molecule has 0 spiro atoms. The summed E-state index contributed by atoms with van der Waals surface area (Å²) in [6.45, 7) is 5.67. The molecular formula is C20H24N2O4S. The highest BCUT2D eigenvalue weighted by atomic mass is 32.2. The summed E-state index contributed by atoms with van der Waals surface area (Å²) in [5.41, 5.74) is 2.02. The van der Waals surface area contributed by atoms with Crippen LogP contribution in [-0.4, -0.2) is 32.6 Å². The van der Waals surface area contributed by atoms with Crippen molar-refractivity contribution in [1.29, 1.82) is 0 Å². The minimum absolute atomic E-state index is 0.0467. The summed E-state index contributed by atoms with van der Waals surface area (Å²) in [4.78, 5) is 13.6. The molecule has 0 saturated carbocycles. The van der Waals surface area contributed by atoms with Gasteiger partial charge in [0.15, 0.2) is 0 Å². The Labute approximate surface area is 159 Å². The number of anilines is 2. The highest BCUT2D eigenvalue weighted by molar-refractivity contribution is 7.92. The van der Waals surface area contributed by atoms with Gasteiger partial charge in [0.05, 0.1) is 21.8 Å². The Kier molecular flexibility index (Phi) is 5.41. The molecule has 1 atom stereocenters. The van der Waals surface area contributed by atoms with Gasteiger partial charge >= 0.3 is 5.97 Å². The average Bonchev–Trinajstić information content (AvgIpc) is 2.61. The van der Waals surface area contributed by atoms with Crippen molar-refractivity contribution >= 4 is 27.4 Å². The van der Waals surface area contributed by atoms with E-state index in [4.69, 9.17) is 0 Å². The van der Waals surface area contributed by atoms with Gasteiger partial charge in [-0.25, -0.2) is 13.2 Å². The van der Waals surface area contributed by atoms with Crippen LogP contribution in [0.15, 0.2) is 47.4 Å². The molecule has 2 aromatic rings. The van der Waals surface area contributed by atoms with Crippen LogP contribution in [0.25, 0.3) is 0 Å². The minimum atomic E-state index is -3.82. The van der Waals surface area contributed by atoms with Crippen molar-refractivity contribution in [2.45, 2.75) is 31.6 Å². The minimum Gasteiger partial charge on any atom is -0.478 e. The van der Waals surface area contributed by atoms with Crippen LogP contribution in [-0.2, 0) is 10.0 Å². The number of nitrogens with one attached hydrogen (secondary N) is 1. The quantitative estimate of drug-likeness (QED) is 0.815. The first-order valence-electron chi connectivity index (χ1n) is 8.98. The summed E-state index contributed by atoms with van der Waals surface area (Å²) in [5.74, 6) is -0.594. The third-order valence-corrected chi connectivity index (χ3v) is 6.20. The fraction of sp³-hybridized carbons (Fsp3) is 0.350. The number of benzene rings is 2. The van der Waals surface area contributed by atoms with E-state index in [2.05, 4.69) is 16.5 Å². The van der Waals surface area contributed by atoms with E-state index in [1.54, 1.807) is 30.3 Å². The average molecular weight is 388 g/mol. The predicted molar refractivity (Wildman–Crippen MR) is 106 cm³/mol. The lowest BCUT2D eigenvalue weighted by atomic mass is 9.99. The molecule has 6 nitrogen and oxygen atoms in total. The first kappa shape index (κ1) is 19.2. The summed E-state index contributed by atoms with van der Waals surface area (Å²) in [5, 5.41) is 9.31. The standard InChI is InChI=1S/C20H24N2O4S/c1-14-5-8-17(9-6-14)27(25,26)21-18-12-16(20(23)24)7-10-19(18)22-11-3-4-15(2)13-22/h5-10,12,15,21H,3-4,11,13H2,1-2H3,(H,23,24)/t15-/m1/s1. The normalized spacial score (nSPS) is 17.6. The van der Waals surface area contributed by atoms with Gasteiger partial charge in [0.2, 0.25) is 0 Å². The smallest absolute Gasteiger partial charge is 0.335 e. The monoisotopic (exact) mass is 388 g/mol. The van der Waals surface area contributed by atoms with Gasteiger partial charge in [0, 0.05) is 13.1 Å². The van der Waals surface area contributed by atoms with Crippen LogP contribution < -0.4 is 9.62 Å². The molecule has 2 aromatic carbocycles. The van der Waals surface area contributed by atoms with Crippen molar-refractivity contribution in [1.82, 2.24) is 0 Å². The Hall–Kier alpha value is -2.54. The van der Waals surface area contributed by atoms with Crippen LogP contribution in [0, 0.1) is 12.8 Å². The maximum Gasteiger partial charge on any atom is 0.335 e. The van der Waals surface area contributed by atoms with E-state index in [-0.39, 0.29) is 10.5 Å². The topological polar surface area (TPSA) is 86.7 Å². The van der Waals surface area contributed by atoms with Crippen LogP contribution in [0.5, 0.6) is 0 Å². The first-order valence-corrected chi connectivity index (χ1v) is 10.5. The Morgan fingerprint density at radius 1 is 1.19 bits per heavy atom. The molecule has 1 aliphatic rings.